The van der Waals surface area contributed by atoms with Crippen LogP contribution < -0.4 is 5.56 Å². The van der Waals surface area contributed by atoms with Gasteiger partial charge in [-0.25, -0.2) is 9.37 Å². The van der Waals surface area contributed by atoms with Crippen LogP contribution in [0.3, 0.4) is 0 Å². The number of nitrogens with one attached hydrogen (secondary N) is 1. The lowest BCUT2D eigenvalue weighted by molar-refractivity contribution is 0.628. The molecular weight excluding hydrogens is 397 g/mol. The summed E-state index contributed by atoms with van der Waals surface area (Å²) in [6, 6.07) is 6.47. The van der Waals surface area contributed by atoms with Crippen molar-refractivity contribution in [1.82, 2.24) is 24.7 Å². The summed E-state index contributed by atoms with van der Waals surface area (Å²) in [5.41, 5.74) is 1.25. The largest absolute Gasteiger partial charge is 0.309 e. The number of aryl methyl sites for hydroxylation is 2. The fraction of sp³-hybridized carbons (Fsp3) is 0.263. The van der Waals surface area contributed by atoms with E-state index in [1.54, 1.807) is 29.8 Å². The molecule has 1 N–H and O–H groups in total. The maximum absolute atomic E-state index is 14.1. The maximum Gasteiger partial charge on any atom is 0.259 e. The van der Waals surface area contributed by atoms with Crippen LogP contribution >= 0.6 is 23.1 Å². The van der Waals surface area contributed by atoms with Crippen molar-refractivity contribution in [3.05, 3.63) is 56.7 Å². The standard InChI is InChI=1S/C19H18FN5OS2/c1-9-10(2)27-18-14(9)17(26)21-15(22-18)11(3)28-19-24-23-16(25(19)4)12-7-5-6-8-13(12)20/h5-8,11H,1-4H3,(H,21,22,26)/t11-/m0/s1. The van der Waals surface area contributed by atoms with Gasteiger partial charge in [-0.3, -0.25) is 4.79 Å². The van der Waals surface area contributed by atoms with Gasteiger partial charge in [0.05, 0.1) is 16.2 Å². The normalized spacial score (nSPS) is 12.6. The zero-order chi connectivity index (χ0) is 20.0. The average Bonchev–Trinajstić information content (AvgIpc) is 3.15. The van der Waals surface area contributed by atoms with Gasteiger partial charge in [-0.1, -0.05) is 23.9 Å². The van der Waals surface area contributed by atoms with Crippen LogP contribution in [0.4, 0.5) is 4.39 Å². The maximum atomic E-state index is 14.1. The summed E-state index contributed by atoms with van der Waals surface area (Å²) in [6.07, 6.45) is 0. The van der Waals surface area contributed by atoms with Crippen LogP contribution in [0.15, 0.2) is 34.2 Å². The van der Waals surface area contributed by atoms with Crippen molar-refractivity contribution in [1.29, 1.82) is 0 Å². The molecule has 0 radical (unpaired) electrons. The Morgan fingerprint density at radius 1 is 1.25 bits per heavy atom. The van der Waals surface area contributed by atoms with Crippen molar-refractivity contribution in [2.75, 3.05) is 0 Å². The summed E-state index contributed by atoms with van der Waals surface area (Å²) in [6.45, 7) is 5.87. The predicted octanol–water partition coefficient (Wildman–Crippen LogP) is 4.39. The Hall–Kier alpha value is -2.52. The Bertz CT molecular complexity index is 1240. The first-order valence-corrected chi connectivity index (χ1v) is 10.4. The van der Waals surface area contributed by atoms with Gasteiger partial charge < -0.3 is 9.55 Å². The van der Waals surface area contributed by atoms with Crippen molar-refractivity contribution >= 4 is 33.3 Å². The Balaban J connectivity index is 1.66. The SMILES string of the molecule is Cc1sc2nc([C@H](C)Sc3nnc(-c4ccccc4F)n3C)[nH]c(=O)c2c1C. The van der Waals surface area contributed by atoms with Gasteiger partial charge in [0.2, 0.25) is 0 Å². The van der Waals surface area contributed by atoms with Gasteiger partial charge in [0.1, 0.15) is 16.5 Å². The molecule has 28 heavy (non-hydrogen) atoms. The zero-order valence-electron chi connectivity index (χ0n) is 15.8. The van der Waals surface area contributed by atoms with E-state index in [4.69, 9.17) is 0 Å². The minimum absolute atomic E-state index is 0.126. The number of hydrogen-bond acceptors (Lipinski definition) is 6. The van der Waals surface area contributed by atoms with E-state index in [9.17, 15) is 9.18 Å². The van der Waals surface area contributed by atoms with Crippen molar-refractivity contribution < 1.29 is 4.39 Å². The topological polar surface area (TPSA) is 76.5 Å². The molecule has 4 aromatic rings. The number of benzene rings is 1. The van der Waals surface area contributed by atoms with E-state index in [0.717, 1.165) is 15.3 Å². The minimum Gasteiger partial charge on any atom is -0.309 e. The number of fused-ring (bicyclic) bond motifs is 1. The van der Waals surface area contributed by atoms with Crippen LogP contribution in [0.2, 0.25) is 0 Å². The van der Waals surface area contributed by atoms with Crippen LogP contribution in [0.5, 0.6) is 0 Å². The fourth-order valence-corrected chi connectivity index (χ4v) is 4.88. The number of halogens is 1. The Kier molecular flexibility index (Phi) is 4.80. The van der Waals surface area contributed by atoms with Gasteiger partial charge in [0, 0.05) is 11.9 Å². The second kappa shape index (κ2) is 7.14. The van der Waals surface area contributed by atoms with Crippen molar-refractivity contribution in [2.24, 2.45) is 7.05 Å². The van der Waals surface area contributed by atoms with Crippen molar-refractivity contribution in [3.63, 3.8) is 0 Å². The number of aromatic amines is 1. The molecule has 144 valence electrons. The summed E-state index contributed by atoms with van der Waals surface area (Å²) < 4.78 is 15.8. The molecule has 0 unspecified atom stereocenters. The summed E-state index contributed by atoms with van der Waals surface area (Å²) >= 11 is 2.93. The lowest BCUT2D eigenvalue weighted by Crippen LogP contribution is -2.12. The highest BCUT2D eigenvalue weighted by molar-refractivity contribution is 7.99. The molecule has 3 heterocycles. The van der Waals surface area contributed by atoms with Crippen LogP contribution in [0.25, 0.3) is 21.6 Å². The Morgan fingerprint density at radius 2 is 2.00 bits per heavy atom. The van der Waals surface area contributed by atoms with Crippen LogP contribution in [0, 0.1) is 19.7 Å². The lowest BCUT2D eigenvalue weighted by atomic mass is 10.2. The van der Waals surface area contributed by atoms with E-state index in [1.807, 2.05) is 20.8 Å². The number of nitrogens with zero attached hydrogens (tertiary/aromatic N) is 4. The van der Waals surface area contributed by atoms with Crippen LogP contribution in [0.1, 0.15) is 28.4 Å². The van der Waals surface area contributed by atoms with Gasteiger partial charge in [-0.15, -0.1) is 21.5 Å². The number of aromatic nitrogens is 5. The average molecular weight is 416 g/mol. The number of H-pyrrole nitrogens is 1. The molecule has 0 saturated heterocycles. The fourth-order valence-electron chi connectivity index (χ4n) is 2.97. The van der Waals surface area contributed by atoms with E-state index in [1.165, 1.54) is 29.2 Å². The molecule has 0 aliphatic heterocycles. The number of thioether (sulfide) groups is 1. The zero-order valence-corrected chi connectivity index (χ0v) is 17.4. The van der Waals surface area contributed by atoms with Gasteiger partial charge in [-0.2, -0.15) is 0 Å². The molecule has 0 aliphatic rings. The second-order valence-corrected chi connectivity index (χ2v) is 9.03. The first-order chi connectivity index (χ1) is 13.4. The van der Waals surface area contributed by atoms with Crippen LogP contribution in [-0.2, 0) is 7.05 Å². The summed E-state index contributed by atoms with van der Waals surface area (Å²) in [5.74, 6) is 0.691. The third-order valence-electron chi connectivity index (χ3n) is 4.67. The highest BCUT2D eigenvalue weighted by Gasteiger charge is 2.20. The highest BCUT2D eigenvalue weighted by Crippen LogP contribution is 2.35. The highest BCUT2D eigenvalue weighted by atomic mass is 32.2. The van der Waals surface area contributed by atoms with E-state index < -0.39 is 0 Å². The first kappa shape index (κ1) is 18.8. The first-order valence-electron chi connectivity index (χ1n) is 8.67. The van der Waals surface area contributed by atoms with Crippen molar-refractivity contribution in [2.45, 2.75) is 31.2 Å². The molecule has 6 nitrogen and oxygen atoms in total. The van der Waals surface area contributed by atoms with E-state index in [0.29, 0.717) is 27.8 Å². The number of rotatable bonds is 4. The molecule has 9 heteroatoms. The summed E-state index contributed by atoms with van der Waals surface area (Å²) in [4.78, 5) is 21.9. The monoisotopic (exact) mass is 415 g/mol. The van der Waals surface area contributed by atoms with Gasteiger partial charge in [-0.05, 0) is 38.5 Å². The number of hydrogen-bond donors (Lipinski definition) is 1. The quantitative estimate of drug-likeness (QED) is 0.500. The Morgan fingerprint density at radius 3 is 2.75 bits per heavy atom. The van der Waals surface area contributed by atoms with E-state index in [2.05, 4.69) is 20.2 Å². The molecule has 0 spiro atoms. The molecule has 0 amide bonds. The third kappa shape index (κ3) is 3.14. The summed E-state index contributed by atoms with van der Waals surface area (Å²) in [5, 5.41) is 9.45. The molecular formula is C19H18FN5OS2. The lowest BCUT2D eigenvalue weighted by Gasteiger charge is -2.10. The van der Waals surface area contributed by atoms with Gasteiger partial charge >= 0.3 is 0 Å². The summed E-state index contributed by atoms with van der Waals surface area (Å²) in [7, 11) is 1.79. The second-order valence-electron chi connectivity index (χ2n) is 6.52. The minimum atomic E-state index is -0.345. The molecule has 0 aliphatic carbocycles. The van der Waals surface area contributed by atoms with Crippen molar-refractivity contribution in [3.8, 4) is 11.4 Å². The van der Waals surface area contributed by atoms with Gasteiger partial charge in [0.25, 0.3) is 5.56 Å². The van der Waals surface area contributed by atoms with Crippen LogP contribution in [-0.4, -0.2) is 24.7 Å². The smallest absolute Gasteiger partial charge is 0.259 e. The number of thiophene rings is 1. The van der Waals surface area contributed by atoms with E-state index in [-0.39, 0.29) is 16.6 Å². The Labute approximate surface area is 168 Å². The third-order valence-corrected chi connectivity index (χ3v) is 6.92. The molecule has 4 rings (SSSR count). The molecule has 0 saturated carbocycles. The molecule has 0 fully saturated rings. The molecule has 0 bridgehead atoms. The molecule has 1 atom stereocenters. The molecule has 3 aromatic heterocycles. The molecule has 1 aromatic carbocycles. The van der Waals surface area contributed by atoms with Gasteiger partial charge in [0.15, 0.2) is 11.0 Å². The predicted molar refractivity (Wildman–Crippen MR) is 110 cm³/mol. The van der Waals surface area contributed by atoms with E-state index >= 15 is 0 Å².